The third kappa shape index (κ3) is 3.01. The lowest BCUT2D eigenvalue weighted by Crippen LogP contribution is -2.65. The number of nitrogens with zero attached hydrogens (tertiary/aromatic N) is 1. The molecule has 0 saturated heterocycles. The van der Waals surface area contributed by atoms with Gasteiger partial charge in [0.25, 0.3) is 0 Å². The second-order valence-corrected chi connectivity index (χ2v) is 9.76. The predicted octanol–water partition coefficient (Wildman–Crippen LogP) is 2.19. The van der Waals surface area contributed by atoms with Crippen molar-refractivity contribution in [1.29, 1.82) is 0 Å². The molecule has 0 unspecified atom stereocenters. The number of phenolic OH excluding ortho intramolecular Hbond substituents is 1. The van der Waals surface area contributed by atoms with E-state index < -0.39 is 57.9 Å². The average molecular weight is 470 g/mol. The number of fused-ring (bicyclic) bond motifs is 3. The van der Waals surface area contributed by atoms with E-state index >= 15 is 0 Å². The number of hydrogen-bond acceptors (Lipinski definition) is 8. The topological polar surface area (TPSA) is 135 Å². The number of ketones is 3. The summed E-state index contributed by atoms with van der Waals surface area (Å²) in [6, 6.07) is 0.906. The number of carbonyl (C=O) groups excluding carboxylic acids is 3. The highest BCUT2D eigenvalue weighted by Gasteiger charge is 2.64. The average Bonchev–Trinajstić information content (AvgIpc) is 2.76. The van der Waals surface area contributed by atoms with Gasteiger partial charge in [0.15, 0.2) is 17.2 Å². The Labute approximate surface area is 198 Å². The van der Waals surface area contributed by atoms with Crippen molar-refractivity contribution in [3.8, 4) is 5.75 Å². The monoisotopic (exact) mass is 469 g/mol. The molecule has 1 saturated carbocycles. The zero-order chi connectivity index (χ0) is 25.3. The van der Waals surface area contributed by atoms with Crippen LogP contribution in [0, 0.1) is 11.8 Å². The fourth-order valence-electron chi connectivity index (χ4n) is 6.14. The fourth-order valence-corrected chi connectivity index (χ4v) is 6.14. The highest BCUT2D eigenvalue weighted by molar-refractivity contribution is 6.25. The van der Waals surface area contributed by atoms with Gasteiger partial charge in [-0.2, -0.15) is 0 Å². The van der Waals surface area contributed by atoms with Crippen LogP contribution in [0.5, 0.6) is 5.75 Å². The Morgan fingerprint density at radius 3 is 2.26 bits per heavy atom. The summed E-state index contributed by atoms with van der Waals surface area (Å²) < 4.78 is 0. The van der Waals surface area contributed by atoms with Crippen LogP contribution in [0.25, 0.3) is 5.76 Å². The molecule has 34 heavy (non-hydrogen) atoms. The summed E-state index contributed by atoms with van der Waals surface area (Å²) in [5.74, 6) is -5.33. The lowest BCUT2D eigenvalue weighted by molar-refractivity contribution is -0.153. The minimum absolute atomic E-state index is 0.0850. The molecule has 182 valence electrons. The molecule has 1 aromatic rings. The minimum atomic E-state index is -2.53. The summed E-state index contributed by atoms with van der Waals surface area (Å²) in [5.41, 5.74) is -0.693. The van der Waals surface area contributed by atoms with Crippen LogP contribution >= 0.6 is 0 Å². The molecule has 0 amide bonds. The maximum absolute atomic E-state index is 13.8. The number of aromatic hydroxyl groups is 1. The number of benzene rings is 1. The molecule has 1 aromatic carbocycles. The number of hydrogen-bond donors (Lipinski definition) is 4. The number of aliphatic hydroxyl groups excluding tert-OH is 2. The predicted molar refractivity (Wildman–Crippen MR) is 124 cm³/mol. The van der Waals surface area contributed by atoms with Crippen LogP contribution in [-0.2, 0) is 33.6 Å². The molecular formula is C26H31NO7. The van der Waals surface area contributed by atoms with Crippen LogP contribution < -0.4 is 0 Å². The molecule has 3 aliphatic carbocycles. The van der Waals surface area contributed by atoms with Crippen LogP contribution in [0.4, 0.5) is 0 Å². The van der Waals surface area contributed by atoms with Gasteiger partial charge in [-0.1, -0.05) is 19.9 Å². The number of rotatable bonds is 4. The van der Waals surface area contributed by atoms with E-state index in [-0.39, 0.29) is 23.3 Å². The van der Waals surface area contributed by atoms with Crippen LogP contribution in [-0.4, -0.2) is 68.4 Å². The van der Waals surface area contributed by atoms with Crippen molar-refractivity contribution in [3.05, 3.63) is 45.2 Å². The molecule has 0 bridgehead atoms. The lowest BCUT2D eigenvalue weighted by atomic mass is 9.57. The zero-order valence-corrected chi connectivity index (χ0v) is 20.1. The SMILES string of the molecule is CCc1cc(CC)c2c(c1O)C(O)=C1C(=O)[C@]3(O)C(O)=C(C(C)=O)C(=O)[C@@H](N(C)C)[C@@H]3C[C@@H]1C2. The van der Waals surface area contributed by atoms with Gasteiger partial charge in [-0.25, -0.2) is 0 Å². The van der Waals surface area contributed by atoms with Gasteiger partial charge in [-0.05, 0) is 69.3 Å². The first kappa shape index (κ1) is 24.2. The van der Waals surface area contributed by atoms with Crippen LogP contribution in [0.1, 0.15) is 49.4 Å². The summed E-state index contributed by atoms with van der Waals surface area (Å²) in [4.78, 5) is 40.8. The first-order chi connectivity index (χ1) is 15.9. The van der Waals surface area contributed by atoms with E-state index in [1.54, 1.807) is 19.0 Å². The van der Waals surface area contributed by atoms with Crippen molar-refractivity contribution in [2.24, 2.45) is 11.8 Å². The van der Waals surface area contributed by atoms with Crippen molar-refractivity contribution >= 4 is 23.1 Å². The molecular weight excluding hydrogens is 438 g/mol. The molecule has 1 fully saturated rings. The summed E-state index contributed by atoms with van der Waals surface area (Å²) in [7, 11) is 3.23. The maximum Gasteiger partial charge on any atom is 0.202 e. The normalized spacial score (nSPS) is 28.7. The standard InChI is InChI=1S/C26H31NO7/c1-6-12-8-13(7-2)21(29)19-15(12)9-14-10-16-20(27(4)5)23(31)17(11(3)28)24(32)26(16,34)25(33)18(14)22(19)30/h8,14,16,20,29-30,32,34H,6-7,9-10H2,1-5H3/t14-,16-,20-,26+/m0/s1. The lowest BCUT2D eigenvalue weighted by Gasteiger charge is -2.50. The Morgan fingerprint density at radius 1 is 1.12 bits per heavy atom. The number of Topliss-reactive ketones (excluding diaryl/α,β-unsaturated/α-hetero) is 3. The number of carbonyl (C=O) groups is 3. The van der Waals surface area contributed by atoms with Crippen molar-refractivity contribution in [2.45, 2.75) is 58.1 Å². The zero-order valence-electron chi connectivity index (χ0n) is 20.1. The highest BCUT2D eigenvalue weighted by Crippen LogP contribution is 2.53. The molecule has 4 N–H and O–H groups in total. The van der Waals surface area contributed by atoms with Gasteiger partial charge < -0.3 is 20.4 Å². The van der Waals surface area contributed by atoms with E-state index in [0.717, 1.165) is 18.1 Å². The Balaban J connectivity index is 2.00. The van der Waals surface area contributed by atoms with E-state index in [0.29, 0.717) is 24.8 Å². The Bertz CT molecular complexity index is 1190. The molecule has 4 rings (SSSR count). The van der Waals surface area contributed by atoms with Crippen LogP contribution in [0.2, 0.25) is 0 Å². The van der Waals surface area contributed by atoms with E-state index in [1.165, 1.54) is 0 Å². The molecule has 3 aliphatic rings. The minimum Gasteiger partial charge on any atom is -0.508 e. The maximum atomic E-state index is 13.8. The summed E-state index contributed by atoms with van der Waals surface area (Å²) in [5, 5.41) is 44.8. The third-order valence-corrected chi connectivity index (χ3v) is 7.76. The molecule has 8 nitrogen and oxygen atoms in total. The number of phenols is 1. The Morgan fingerprint density at radius 2 is 1.74 bits per heavy atom. The third-order valence-electron chi connectivity index (χ3n) is 7.76. The van der Waals surface area contributed by atoms with E-state index in [9.17, 15) is 34.8 Å². The molecule has 0 radical (unpaired) electrons. The second kappa shape index (κ2) is 8.06. The van der Waals surface area contributed by atoms with E-state index in [2.05, 4.69) is 0 Å². The van der Waals surface area contributed by atoms with E-state index in [4.69, 9.17) is 0 Å². The van der Waals surface area contributed by atoms with Gasteiger partial charge in [-0.3, -0.25) is 19.3 Å². The van der Waals surface area contributed by atoms with Crippen molar-refractivity contribution in [2.75, 3.05) is 14.1 Å². The van der Waals surface area contributed by atoms with Gasteiger partial charge in [-0.15, -0.1) is 0 Å². The molecule has 8 heteroatoms. The molecule has 0 aliphatic heterocycles. The number of aryl methyl sites for hydroxylation is 2. The highest BCUT2D eigenvalue weighted by atomic mass is 16.3. The van der Waals surface area contributed by atoms with Crippen LogP contribution in [0.15, 0.2) is 23.0 Å². The largest absolute Gasteiger partial charge is 0.508 e. The van der Waals surface area contributed by atoms with Gasteiger partial charge in [0.2, 0.25) is 5.78 Å². The van der Waals surface area contributed by atoms with Gasteiger partial charge in [0.1, 0.15) is 22.8 Å². The molecule has 4 atom stereocenters. The Kier molecular flexibility index (Phi) is 5.73. The quantitative estimate of drug-likeness (QED) is 0.493. The number of likely N-dealkylation sites (N-methyl/N-ethyl adjacent to an activating group) is 1. The first-order valence-corrected chi connectivity index (χ1v) is 11.6. The fraction of sp³-hybridized carbons (Fsp3) is 0.500. The summed E-state index contributed by atoms with van der Waals surface area (Å²) in [6.45, 7) is 4.95. The van der Waals surface area contributed by atoms with Crippen molar-refractivity contribution in [1.82, 2.24) is 4.90 Å². The second-order valence-electron chi connectivity index (χ2n) is 9.76. The van der Waals surface area contributed by atoms with Crippen molar-refractivity contribution < 1.29 is 34.8 Å². The molecule has 0 heterocycles. The van der Waals surface area contributed by atoms with E-state index in [1.807, 2.05) is 19.9 Å². The Hall–Kier alpha value is -2.97. The molecule has 0 spiro atoms. The first-order valence-electron chi connectivity index (χ1n) is 11.6. The van der Waals surface area contributed by atoms with Gasteiger partial charge in [0, 0.05) is 11.5 Å². The van der Waals surface area contributed by atoms with Gasteiger partial charge in [0.05, 0.1) is 11.6 Å². The smallest absolute Gasteiger partial charge is 0.202 e. The van der Waals surface area contributed by atoms with Gasteiger partial charge >= 0.3 is 0 Å². The summed E-state index contributed by atoms with van der Waals surface area (Å²) >= 11 is 0. The van der Waals surface area contributed by atoms with Crippen LogP contribution in [0.3, 0.4) is 0 Å². The molecule has 0 aromatic heterocycles. The summed E-state index contributed by atoms with van der Waals surface area (Å²) in [6.07, 6.45) is 1.66. The number of aliphatic hydroxyl groups is 3. The van der Waals surface area contributed by atoms with Crippen molar-refractivity contribution in [3.63, 3.8) is 0 Å².